The number of rotatable bonds is 5. The Morgan fingerprint density at radius 3 is 2.72 bits per heavy atom. The summed E-state index contributed by atoms with van der Waals surface area (Å²) in [6.07, 6.45) is 1.60. The predicted octanol–water partition coefficient (Wildman–Crippen LogP) is 2.78. The summed E-state index contributed by atoms with van der Waals surface area (Å²) in [6, 6.07) is 10.9. The maximum absolute atomic E-state index is 11.5. The summed E-state index contributed by atoms with van der Waals surface area (Å²) in [4.78, 5) is 11.5. The molecule has 2 aromatic rings. The zero-order valence-electron chi connectivity index (χ0n) is 10.1. The minimum absolute atomic E-state index is 0.339. The summed E-state index contributed by atoms with van der Waals surface area (Å²) in [6.45, 7) is 0.717. The number of hydrogen-bond donors (Lipinski definition) is 0. The second-order valence-electron chi connectivity index (χ2n) is 3.72. The van der Waals surface area contributed by atoms with Gasteiger partial charge in [0.1, 0.15) is 12.4 Å². The van der Waals surface area contributed by atoms with Gasteiger partial charge in [0.15, 0.2) is 0 Å². The van der Waals surface area contributed by atoms with Crippen LogP contribution in [0.5, 0.6) is 0 Å². The van der Waals surface area contributed by atoms with Crippen molar-refractivity contribution in [2.75, 3.05) is 7.11 Å². The first kappa shape index (κ1) is 12.4. The summed E-state index contributed by atoms with van der Waals surface area (Å²) in [5.74, 6) is 0.401. The zero-order valence-corrected chi connectivity index (χ0v) is 10.1. The lowest BCUT2D eigenvalue weighted by Gasteiger charge is -2.07. The lowest BCUT2D eigenvalue weighted by atomic mass is 10.1. The summed E-state index contributed by atoms with van der Waals surface area (Å²) in [5.41, 5.74) is 1.33. The highest BCUT2D eigenvalue weighted by Gasteiger charge is 2.10. The third kappa shape index (κ3) is 2.99. The molecular formula is C14H14O4. The molecule has 0 saturated heterocycles. The number of methoxy groups -OCH3 is 1. The Morgan fingerprint density at radius 2 is 2.00 bits per heavy atom. The molecule has 0 atom stereocenters. The molecule has 0 spiro atoms. The molecule has 4 heteroatoms. The first-order chi connectivity index (χ1) is 8.81. The quantitative estimate of drug-likeness (QED) is 0.761. The van der Waals surface area contributed by atoms with Crippen LogP contribution in [0.25, 0.3) is 0 Å². The molecule has 0 aliphatic heterocycles. The molecule has 94 valence electrons. The SMILES string of the molecule is COC(=O)c1ccccc1COCc1ccco1. The summed E-state index contributed by atoms with van der Waals surface area (Å²) in [5, 5.41) is 0. The molecule has 4 nitrogen and oxygen atoms in total. The number of furan rings is 1. The molecule has 0 bridgehead atoms. The van der Waals surface area contributed by atoms with E-state index in [0.29, 0.717) is 18.8 Å². The van der Waals surface area contributed by atoms with Gasteiger partial charge in [-0.05, 0) is 23.8 Å². The van der Waals surface area contributed by atoms with Gasteiger partial charge in [-0.3, -0.25) is 0 Å². The molecule has 0 unspecified atom stereocenters. The molecule has 0 fully saturated rings. The Kier molecular flexibility index (Phi) is 4.15. The van der Waals surface area contributed by atoms with Crippen LogP contribution in [0.3, 0.4) is 0 Å². The normalized spacial score (nSPS) is 10.3. The van der Waals surface area contributed by atoms with Gasteiger partial charge in [-0.25, -0.2) is 4.79 Å². The van der Waals surface area contributed by atoms with Gasteiger partial charge in [-0.15, -0.1) is 0 Å². The Labute approximate surface area is 105 Å². The molecule has 0 radical (unpaired) electrons. The van der Waals surface area contributed by atoms with Crippen LogP contribution in [0.15, 0.2) is 47.1 Å². The Morgan fingerprint density at radius 1 is 1.17 bits per heavy atom. The van der Waals surface area contributed by atoms with Gasteiger partial charge < -0.3 is 13.9 Å². The third-order valence-electron chi connectivity index (χ3n) is 2.50. The van der Waals surface area contributed by atoms with E-state index in [4.69, 9.17) is 13.9 Å². The monoisotopic (exact) mass is 246 g/mol. The van der Waals surface area contributed by atoms with Crippen molar-refractivity contribution >= 4 is 5.97 Å². The van der Waals surface area contributed by atoms with Crippen LogP contribution >= 0.6 is 0 Å². The topological polar surface area (TPSA) is 48.7 Å². The molecule has 1 aromatic carbocycles. The minimum atomic E-state index is -0.354. The second-order valence-corrected chi connectivity index (χ2v) is 3.72. The predicted molar refractivity (Wildman–Crippen MR) is 65.0 cm³/mol. The molecule has 0 aliphatic carbocycles. The van der Waals surface area contributed by atoms with Crippen LogP contribution < -0.4 is 0 Å². The van der Waals surface area contributed by atoms with Gasteiger partial charge in [0, 0.05) is 0 Å². The van der Waals surface area contributed by atoms with Crippen molar-refractivity contribution in [3.05, 3.63) is 59.5 Å². The highest BCUT2D eigenvalue weighted by molar-refractivity contribution is 5.90. The van der Waals surface area contributed by atoms with Crippen molar-refractivity contribution in [3.8, 4) is 0 Å². The smallest absolute Gasteiger partial charge is 0.338 e. The van der Waals surface area contributed by atoms with Crippen LogP contribution in [0, 0.1) is 0 Å². The van der Waals surface area contributed by atoms with Gasteiger partial charge >= 0.3 is 5.97 Å². The van der Waals surface area contributed by atoms with E-state index in [2.05, 4.69) is 0 Å². The average molecular weight is 246 g/mol. The standard InChI is InChI=1S/C14H14O4/c1-16-14(15)13-7-3-2-5-11(13)9-17-10-12-6-4-8-18-12/h2-8H,9-10H2,1H3. The van der Waals surface area contributed by atoms with Crippen molar-refractivity contribution in [1.29, 1.82) is 0 Å². The zero-order chi connectivity index (χ0) is 12.8. The van der Waals surface area contributed by atoms with Crippen LogP contribution in [0.1, 0.15) is 21.7 Å². The van der Waals surface area contributed by atoms with E-state index in [1.807, 2.05) is 18.2 Å². The Hall–Kier alpha value is -2.07. The van der Waals surface area contributed by atoms with Crippen LogP contribution in [0.4, 0.5) is 0 Å². The maximum atomic E-state index is 11.5. The van der Waals surface area contributed by atoms with E-state index in [0.717, 1.165) is 11.3 Å². The van der Waals surface area contributed by atoms with Gasteiger partial charge in [-0.2, -0.15) is 0 Å². The molecule has 0 amide bonds. The van der Waals surface area contributed by atoms with Gasteiger partial charge in [-0.1, -0.05) is 18.2 Å². The van der Waals surface area contributed by atoms with Crippen LogP contribution in [0.2, 0.25) is 0 Å². The van der Waals surface area contributed by atoms with E-state index >= 15 is 0 Å². The number of hydrogen-bond acceptors (Lipinski definition) is 4. The fraction of sp³-hybridized carbons (Fsp3) is 0.214. The molecule has 2 rings (SSSR count). The van der Waals surface area contributed by atoms with Crippen molar-refractivity contribution in [1.82, 2.24) is 0 Å². The highest BCUT2D eigenvalue weighted by Crippen LogP contribution is 2.12. The van der Waals surface area contributed by atoms with Crippen molar-refractivity contribution in [3.63, 3.8) is 0 Å². The molecule has 18 heavy (non-hydrogen) atoms. The largest absolute Gasteiger partial charge is 0.467 e. The molecule has 0 saturated carbocycles. The summed E-state index contributed by atoms with van der Waals surface area (Å²) >= 11 is 0. The first-order valence-electron chi connectivity index (χ1n) is 5.57. The number of carbonyl (C=O) groups excluding carboxylic acids is 1. The Balaban J connectivity index is 1.98. The average Bonchev–Trinajstić information content (AvgIpc) is 2.92. The van der Waals surface area contributed by atoms with E-state index < -0.39 is 0 Å². The fourth-order valence-corrected chi connectivity index (χ4v) is 1.61. The van der Waals surface area contributed by atoms with Gasteiger partial charge in [0.2, 0.25) is 0 Å². The number of ether oxygens (including phenoxy) is 2. The maximum Gasteiger partial charge on any atom is 0.338 e. The van der Waals surface area contributed by atoms with Gasteiger partial charge in [0.05, 0.1) is 25.5 Å². The lowest BCUT2D eigenvalue weighted by Crippen LogP contribution is -2.06. The van der Waals surface area contributed by atoms with E-state index in [9.17, 15) is 4.79 Å². The first-order valence-corrected chi connectivity index (χ1v) is 5.57. The van der Waals surface area contributed by atoms with Crippen molar-refractivity contribution in [2.45, 2.75) is 13.2 Å². The fourth-order valence-electron chi connectivity index (χ4n) is 1.61. The minimum Gasteiger partial charge on any atom is -0.467 e. The van der Waals surface area contributed by atoms with Crippen LogP contribution in [-0.4, -0.2) is 13.1 Å². The number of carbonyl (C=O) groups is 1. The molecule has 0 aliphatic rings. The van der Waals surface area contributed by atoms with Gasteiger partial charge in [0.25, 0.3) is 0 Å². The van der Waals surface area contributed by atoms with E-state index in [1.165, 1.54) is 7.11 Å². The molecule has 1 heterocycles. The van der Waals surface area contributed by atoms with E-state index in [-0.39, 0.29) is 5.97 Å². The highest BCUT2D eigenvalue weighted by atomic mass is 16.5. The summed E-state index contributed by atoms with van der Waals surface area (Å²) in [7, 11) is 1.36. The van der Waals surface area contributed by atoms with E-state index in [1.54, 1.807) is 24.5 Å². The third-order valence-corrected chi connectivity index (χ3v) is 2.50. The molecule has 0 N–H and O–H groups in total. The molecule has 1 aromatic heterocycles. The summed E-state index contributed by atoms with van der Waals surface area (Å²) < 4.78 is 15.4. The molecular weight excluding hydrogens is 232 g/mol. The van der Waals surface area contributed by atoms with Crippen LogP contribution in [-0.2, 0) is 22.7 Å². The van der Waals surface area contributed by atoms with Crippen molar-refractivity contribution < 1.29 is 18.7 Å². The Bertz CT molecular complexity index is 502. The number of esters is 1. The van der Waals surface area contributed by atoms with Crippen molar-refractivity contribution in [2.24, 2.45) is 0 Å². The number of benzene rings is 1. The second kappa shape index (κ2) is 6.02. The lowest BCUT2D eigenvalue weighted by molar-refractivity contribution is 0.0587.